The number of carbonyl (C=O) groups is 4. The number of carboxylic acid groups (broad SMARTS) is 1. The number of carbonyl (C=O) groups excluding carboxylic acids is 3. The first-order valence-electron chi connectivity index (χ1n) is 10.6. The van der Waals surface area contributed by atoms with Crippen LogP contribution in [0.4, 0.5) is 0 Å². The topological polar surface area (TPSA) is 124 Å². The Kier molecular flexibility index (Phi) is 8.11. The summed E-state index contributed by atoms with van der Waals surface area (Å²) >= 11 is 0.861. The highest BCUT2D eigenvalue weighted by Gasteiger charge is 2.41. The molecule has 0 radical (unpaired) electrons. The summed E-state index contributed by atoms with van der Waals surface area (Å²) in [6.07, 6.45) is 1.08. The molecule has 3 unspecified atom stereocenters. The number of aliphatic carboxylic acids is 1. The van der Waals surface area contributed by atoms with Crippen molar-refractivity contribution in [1.82, 2.24) is 10.2 Å². The number of carboxylic acids is 1. The average Bonchev–Trinajstić information content (AvgIpc) is 3.24. The number of rotatable bonds is 8. The third-order valence-electron chi connectivity index (χ3n) is 5.51. The van der Waals surface area contributed by atoms with Crippen molar-refractivity contribution < 1.29 is 29.4 Å². The maximum Gasteiger partial charge on any atom is 0.326 e. The van der Waals surface area contributed by atoms with Crippen LogP contribution in [0, 0.1) is 0 Å². The highest BCUT2D eigenvalue weighted by atomic mass is 32.2. The maximum absolute atomic E-state index is 13.0. The molecule has 0 saturated carbocycles. The van der Waals surface area contributed by atoms with E-state index in [1.54, 1.807) is 12.1 Å². The molecule has 0 spiro atoms. The van der Waals surface area contributed by atoms with Gasteiger partial charge in [-0.3, -0.25) is 14.4 Å². The SMILES string of the molecule is CC(=O)SC(Cc1ccc(O)cc1)C(=O)NCC(=O)N1C(C(=O)O)CCC1c1ccccc1. The third kappa shape index (κ3) is 6.35. The van der Waals surface area contributed by atoms with Crippen LogP contribution in [-0.4, -0.2) is 55.8 Å². The summed E-state index contributed by atoms with van der Waals surface area (Å²) in [5, 5.41) is 20.6. The molecule has 1 aliphatic rings. The fraction of sp³-hybridized carbons (Fsp3) is 0.333. The Labute approximate surface area is 196 Å². The van der Waals surface area contributed by atoms with Crippen molar-refractivity contribution in [3.05, 3.63) is 65.7 Å². The Morgan fingerprint density at radius 3 is 2.33 bits per heavy atom. The lowest BCUT2D eigenvalue weighted by molar-refractivity contribution is -0.149. The molecule has 0 aromatic heterocycles. The van der Waals surface area contributed by atoms with Crippen LogP contribution < -0.4 is 5.32 Å². The van der Waals surface area contributed by atoms with E-state index in [2.05, 4.69) is 5.32 Å². The molecule has 33 heavy (non-hydrogen) atoms. The number of nitrogens with one attached hydrogen (secondary N) is 1. The average molecular weight is 471 g/mol. The number of hydrogen-bond donors (Lipinski definition) is 3. The van der Waals surface area contributed by atoms with E-state index in [0.717, 1.165) is 22.9 Å². The van der Waals surface area contributed by atoms with Crippen molar-refractivity contribution in [3.63, 3.8) is 0 Å². The van der Waals surface area contributed by atoms with Gasteiger partial charge in [-0.05, 0) is 42.5 Å². The number of nitrogens with zero attached hydrogens (tertiary/aromatic N) is 1. The summed E-state index contributed by atoms with van der Waals surface area (Å²) in [5.74, 6) is -1.96. The zero-order valence-electron chi connectivity index (χ0n) is 18.1. The predicted octanol–water partition coefficient (Wildman–Crippen LogP) is 2.52. The summed E-state index contributed by atoms with van der Waals surface area (Å²) in [6, 6.07) is 14.2. The minimum atomic E-state index is -1.08. The lowest BCUT2D eigenvalue weighted by Gasteiger charge is -2.29. The number of amides is 2. The molecule has 2 amide bonds. The van der Waals surface area contributed by atoms with Gasteiger partial charge in [-0.2, -0.15) is 0 Å². The highest BCUT2D eigenvalue weighted by Crippen LogP contribution is 2.36. The zero-order chi connectivity index (χ0) is 24.0. The molecule has 9 heteroatoms. The quantitative estimate of drug-likeness (QED) is 0.542. The fourth-order valence-electron chi connectivity index (χ4n) is 4.01. The minimum absolute atomic E-state index is 0.0936. The Morgan fingerprint density at radius 1 is 1.06 bits per heavy atom. The van der Waals surface area contributed by atoms with Gasteiger partial charge in [0.2, 0.25) is 11.8 Å². The second kappa shape index (κ2) is 11.0. The van der Waals surface area contributed by atoms with E-state index in [9.17, 15) is 29.4 Å². The zero-order valence-corrected chi connectivity index (χ0v) is 19.0. The smallest absolute Gasteiger partial charge is 0.326 e. The number of likely N-dealkylation sites (tertiary alicyclic amines) is 1. The molecule has 2 aromatic rings. The molecule has 1 heterocycles. The molecule has 3 N–H and O–H groups in total. The monoisotopic (exact) mass is 470 g/mol. The standard InChI is InChI=1S/C24H26N2O6S/c1-15(27)33-21(13-16-7-9-18(28)10-8-16)23(30)25-14-22(29)26-19(11-12-20(26)24(31)32)17-5-3-2-4-6-17/h2-10,19-21,28H,11-14H2,1H3,(H,25,30)(H,31,32). The van der Waals surface area contributed by atoms with Gasteiger partial charge in [0.05, 0.1) is 17.8 Å². The van der Waals surface area contributed by atoms with Crippen LogP contribution in [0.25, 0.3) is 0 Å². The summed E-state index contributed by atoms with van der Waals surface area (Å²) in [4.78, 5) is 50.6. The number of benzene rings is 2. The van der Waals surface area contributed by atoms with Crippen LogP contribution in [0.3, 0.4) is 0 Å². The number of hydrogen-bond acceptors (Lipinski definition) is 6. The van der Waals surface area contributed by atoms with Crippen molar-refractivity contribution in [2.45, 2.75) is 43.5 Å². The van der Waals surface area contributed by atoms with Gasteiger partial charge in [0.15, 0.2) is 5.12 Å². The Balaban J connectivity index is 1.70. The number of phenolic OH excluding ortho intramolecular Hbond substituents is 1. The minimum Gasteiger partial charge on any atom is -0.508 e. The van der Waals surface area contributed by atoms with Gasteiger partial charge in [-0.15, -0.1) is 0 Å². The largest absolute Gasteiger partial charge is 0.508 e. The van der Waals surface area contributed by atoms with E-state index in [1.807, 2.05) is 30.3 Å². The van der Waals surface area contributed by atoms with Crippen molar-refractivity contribution in [1.29, 1.82) is 0 Å². The second-order valence-electron chi connectivity index (χ2n) is 7.85. The van der Waals surface area contributed by atoms with Crippen molar-refractivity contribution in [2.24, 2.45) is 0 Å². The Bertz CT molecular complexity index is 1010. The van der Waals surface area contributed by atoms with Crippen LogP contribution in [0.1, 0.15) is 36.9 Å². The number of aromatic hydroxyl groups is 1. The number of phenols is 1. The van der Waals surface area contributed by atoms with Gasteiger partial charge in [0.25, 0.3) is 0 Å². The first-order chi connectivity index (χ1) is 15.8. The Morgan fingerprint density at radius 2 is 1.73 bits per heavy atom. The van der Waals surface area contributed by atoms with Crippen LogP contribution >= 0.6 is 11.8 Å². The van der Waals surface area contributed by atoms with E-state index in [4.69, 9.17) is 0 Å². The molecule has 8 nitrogen and oxygen atoms in total. The van der Waals surface area contributed by atoms with Gasteiger partial charge in [-0.1, -0.05) is 54.2 Å². The first-order valence-corrected chi connectivity index (χ1v) is 11.5. The molecule has 174 valence electrons. The summed E-state index contributed by atoms with van der Waals surface area (Å²) < 4.78 is 0. The lowest BCUT2D eigenvalue weighted by atomic mass is 10.0. The van der Waals surface area contributed by atoms with Gasteiger partial charge < -0.3 is 20.4 Å². The second-order valence-corrected chi connectivity index (χ2v) is 9.22. The fourth-order valence-corrected chi connectivity index (χ4v) is 4.87. The van der Waals surface area contributed by atoms with E-state index < -0.39 is 29.1 Å². The molecule has 1 aliphatic heterocycles. The van der Waals surface area contributed by atoms with Crippen molar-refractivity contribution >= 4 is 34.7 Å². The van der Waals surface area contributed by atoms with Gasteiger partial charge in [-0.25, -0.2) is 4.79 Å². The van der Waals surface area contributed by atoms with E-state index in [1.165, 1.54) is 24.0 Å². The van der Waals surface area contributed by atoms with Crippen LogP contribution in [0.15, 0.2) is 54.6 Å². The maximum atomic E-state index is 13.0. The van der Waals surface area contributed by atoms with Crippen LogP contribution in [0.2, 0.25) is 0 Å². The molecule has 0 aliphatic carbocycles. The first kappa shape index (κ1) is 24.3. The highest BCUT2D eigenvalue weighted by molar-refractivity contribution is 8.14. The molecule has 2 aromatic carbocycles. The molecule has 1 fully saturated rings. The molecule has 0 bridgehead atoms. The Hall–Kier alpha value is -3.33. The third-order valence-corrected chi connectivity index (χ3v) is 6.51. The van der Waals surface area contributed by atoms with E-state index in [-0.39, 0.29) is 29.9 Å². The predicted molar refractivity (Wildman–Crippen MR) is 124 cm³/mol. The van der Waals surface area contributed by atoms with E-state index >= 15 is 0 Å². The number of thioether (sulfide) groups is 1. The molecule has 1 saturated heterocycles. The summed E-state index contributed by atoms with van der Waals surface area (Å²) in [6.45, 7) is 0.996. The summed E-state index contributed by atoms with van der Waals surface area (Å²) in [7, 11) is 0. The van der Waals surface area contributed by atoms with Crippen molar-refractivity contribution in [2.75, 3.05) is 6.54 Å². The molecular weight excluding hydrogens is 444 g/mol. The summed E-state index contributed by atoms with van der Waals surface area (Å²) in [5.41, 5.74) is 1.60. The van der Waals surface area contributed by atoms with Gasteiger partial charge >= 0.3 is 5.97 Å². The van der Waals surface area contributed by atoms with Crippen LogP contribution in [0.5, 0.6) is 5.75 Å². The van der Waals surface area contributed by atoms with Gasteiger partial charge in [0.1, 0.15) is 11.8 Å². The normalized spacial score (nSPS) is 18.5. The molecular formula is C24H26N2O6S. The van der Waals surface area contributed by atoms with Gasteiger partial charge in [0, 0.05) is 6.92 Å². The molecule has 3 atom stereocenters. The van der Waals surface area contributed by atoms with E-state index in [0.29, 0.717) is 12.8 Å². The van der Waals surface area contributed by atoms with Crippen LogP contribution in [-0.2, 0) is 25.6 Å². The molecule has 3 rings (SSSR count). The van der Waals surface area contributed by atoms with Crippen molar-refractivity contribution in [3.8, 4) is 5.75 Å². The lowest BCUT2D eigenvalue weighted by Crippen LogP contribution is -2.47.